The Balaban J connectivity index is 2.33. The summed E-state index contributed by atoms with van der Waals surface area (Å²) in [6, 6.07) is 13.6. The Bertz CT molecular complexity index is 944. The molecule has 0 saturated carbocycles. The first-order valence-corrected chi connectivity index (χ1v) is 12.4. The van der Waals surface area contributed by atoms with Crippen molar-refractivity contribution in [2.45, 2.75) is 79.1 Å². The molecule has 0 N–H and O–H groups in total. The van der Waals surface area contributed by atoms with E-state index in [1.54, 1.807) is 0 Å². The van der Waals surface area contributed by atoms with E-state index in [2.05, 4.69) is 135 Å². The Hall–Kier alpha value is -1.56. The Morgan fingerprint density at radius 3 is 1.03 bits per heavy atom. The van der Waals surface area contributed by atoms with E-state index in [0.29, 0.717) is 23.7 Å². The molecular formula is C27H36N2Te. The molecule has 0 aliphatic carbocycles. The van der Waals surface area contributed by atoms with Crippen molar-refractivity contribution in [1.82, 2.24) is 9.13 Å². The van der Waals surface area contributed by atoms with Crippen LogP contribution in [0.1, 0.15) is 101 Å². The first-order valence-electron chi connectivity index (χ1n) is 11.2. The number of para-hydroxylation sites is 2. The summed E-state index contributed by atoms with van der Waals surface area (Å²) in [6.45, 7) is 18.3. The van der Waals surface area contributed by atoms with Crippen LogP contribution in [0.5, 0.6) is 0 Å². The molecule has 0 saturated heterocycles. The van der Waals surface area contributed by atoms with E-state index in [0.717, 1.165) is 0 Å². The van der Waals surface area contributed by atoms with Gasteiger partial charge < -0.3 is 0 Å². The number of aromatic nitrogens is 2. The average molecular weight is 516 g/mol. The summed E-state index contributed by atoms with van der Waals surface area (Å²) in [5, 5.41) is 0. The van der Waals surface area contributed by atoms with Gasteiger partial charge in [0.1, 0.15) is 0 Å². The van der Waals surface area contributed by atoms with E-state index in [-0.39, 0.29) is 0 Å². The molecular weight excluding hydrogens is 480 g/mol. The van der Waals surface area contributed by atoms with E-state index in [1.807, 2.05) is 0 Å². The van der Waals surface area contributed by atoms with Crippen LogP contribution in [0, 0.1) is 3.46 Å². The van der Waals surface area contributed by atoms with Crippen molar-refractivity contribution >= 4 is 21.8 Å². The second-order valence-electron chi connectivity index (χ2n) is 9.51. The van der Waals surface area contributed by atoms with Crippen LogP contribution in [0.2, 0.25) is 0 Å². The zero-order chi connectivity index (χ0) is 22.2. The molecule has 0 bridgehead atoms. The number of hydrogen-bond acceptors (Lipinski definition) is 0. The Morgan fingerprint density at radius 1 is 0.533 bits per heavy atom. The second-order valence-corrected chi connectivity index (χ2v) is 10.6. The number of hydrogen-bond donors (Lipinski definition) is 0. The molecule has 0 atom stereocenters. The molecule has 1 heterocycles. The topological polar surface area (TPSA) is 9.86 Å². The summed E-state index contributed by atoms with van der Waals surface area (Å²) < 4.78 is 6.09. The van der Waals surface area contributed by atoms with Crippen LogP contribution in [0.4, 0.5) is 0 Å². The molecule has 30 heavy (non-hydrogen) atoms. The predicted molar refractivity (Wildman–Crippen MR) is 130 cm³/mol. The van der Waals surface area contributed by atoms with E-state index >= 15 is 0 Å². The normalized spacial score (nSPS) is 12.0. The van der Waals surface area contributed by atoms with Crippen LogP contribution in [0.15, 0.2) is 48.8 Å². The number of benzene rings is 2. The molecule has 3 aromatic rings. The molecule has 0 fully saturated rings. The molecule has 0 spiro atoms. The van der Waals surface area contributed by atoms with Gasteiger partial charge in [-0.1, -0.05) is 0 Å². The Morgan fingerprint density at radius 2 is 0.800 bits per heavy atom. The fourth-order valence-corrected chi connectivity index (χ4v) is 5.17. The maximum atomic E-state index is 2.41. The summed E-state index contributed by atoms with van der Waals surface area (Å²) in [5.41, 5.74) is 8.36. The first kappa shape index (κ1) is 23.1. The van der Waals surface area contributed by atoms with Crippen LogP contribution in [-0.4, -0.2) is 31.0 Å². The molecule has 1 aromatic heterocycles. The van der Waals surface area contributed by atoms with Crippen LogP contribution >= 0.6 is 0 Å². The van der Waals surface area contributed by atoms with Gasteiger partial charge >= 0.3 is 196 Å². The molecule has 2 nitrogen and oxygen atoms in total. The predicted octanol–water partition coefficient (Wildman–Crippen LogP) is 7.46. The zero-order valence-corrected chi connectivity index (χ0v) is 22.1. The molecule has 2 aromatic carbocycles. The summed E-state index contributed by atoms with van der Waals surface area (Å²) >= 11 is 2.16. The maximum absolute atomic E-state index is 2.41. The van der Waals surface area contributed by atoms with E-state index in [4.69, 9.17) is 0 Å². The van der Waals surface area contributed by atoms with E-state index in [9.17, 15) is 0 Å². The van der Waals surface area contributed by atoms with E-state index < -0.39 is 0 Å². The van der Waals surface area contributed by atoms with E-state index in [1.165, 1.54) is 37.1 Å². The van der Waals surface area contributed by atoms with Crippen molar-refractivity contribution in [1.29, 1.82) is 0 Å². The van der Waals surface area contributed by atoms with Crippen molar-refractivity contribution in [2.75, 3.05) is 0 Å². The fourth-order valence-electron chi connectivity index (χ4n) is 4.30. The molecule has 0 aliphatic rings. The summed E-state index contributed by atoms with van der Waals surface area (Å²) in [7, 11) is 0. The van der Waals surface area contributed by atoms with Gasteiger partial charge in [-0.15, -0.1) is 0 Å². The Labute approximate surface area is 195 Å². The van der Waals surface area contributed by atoms with Gasteiger partial charge in [0.15, 0.2) is 0 Å². The van der Waals surface area contributed by atoms with Crippen molar-refractivity contribution < 1.29 is 0 Å². The van der Waals surface area contributed by atoms with Crippen LogP contribution in [0.3, 0.4) is 0 Å². The van der Waals surface area contributed by atoms with Gasteiger partial charge in [0, 0.05) is 0 Å². The monoisotopic (exact) mass is 518 g/mol. The number of imidazole rings is 1. The summed E-state index contributed by atoms with van der Waals surface area (Å²) in [5.74, 6) is 1.90. The van der Waals surface area contributed by atoms with Crippen LogP contribution in [0.25, 0.3) is 11.4 Å². The number of rotatable bonds is 6. The molecule has 0 amide bonds. The van der Waals surface area contributed by atoms with Gasteiger partial charge in [-0.3, -0.25) is 0 Å². The number of nitrogens with zero attached hydrogens (tertiary/aromatic N) is 2. The molecule has 0 unspecified atom stereocenters. The molecule has 0 aliphatic heterocycles. The second kappa shape index (κ2) is 9.29. The Kier molecular flexibility index (Phi) is 7.16. The minimum absolute atomic E-state index is 0.476. The van der Waals surface area contributed by atoms with Gasteiger partial charge in [0.25, 0.3) is 0 Å². The van der Waals surface area contributed by atoms with Crippen molar-refractivity contribution in [3.8, 4) is 11.4 Å². The van der Waals surface area contributed by atoms with Gasteiger partial charge in [-0.25, -0.2) is 0 Å². The third kappa shape index (κ3) is 4.25. The van der Waals surface area contributed by atoms with Gasteiger partial charge in [-0.05, 0) is 0 Å². The van der Waals surface area contributed by atoms with Gasteiger partial charge in [0.05, 0.1) is 0 Å². The van der Waals surface area contributed by atoms with Crippen LogP contribution in [-0.2, 0) is 0 Å². The third-order valence-corrected chi connectivity index (χ3v) is 7.07. The fraction of sp³-hybridized carbons (Fsp3) is 0.444. The van der Waals surface area contributed by atoms with Gasteiger partial charge in [-0.2, -0.15) is 0 Å². The van der Waals surface area contributed by atoms with Crippen molar-refractivity contribution in [2.24, 2.45) is 0 Å². The quantitative estimate of drug-likeness (QED) is 0.301. The molecule has 0 radical (unpaired) electrons. The standard InChI is InChI=1S/C27H36N2Te/c1-17(2)21-11-9-12-22(18(3)4)25(21)28-15-16-29(27(28)30)26-23(19(5)6)13-10-14-24(26)20(7)8/h9-20H,1-8H3. The molecule has 160 valence electrons. The van der Waals surface area contributed by atoms with Crippen molar-refractivity contribution in [3.05, 3.63) is 74.5 Å². The summed E-state index contributed by atoms with van der Waals surface area (Å²) in [4.78, 5) is 0. The first-order chi connectivity index (χ1) is 14.1. The van der Waals surface area contributed by atoms with Crippen LogP contribution < -0.4 is 0 Å². The SMILES string of the molecule is CC(C)c1cccc(C(C)C)c1-n1ccn(-c2c(C(C)C)cccc2C(C)C)c1=[Te]. The van der Waals surface area contributed by atoms with Gasteiger partial charge in [0.2, 0.25) is 0 Å². The third-order valence-electron chi connectivity index (χ3n) is 5.94. The molecule has 3 heteroatoms. The molecule has 3 rings (SSSR count). The average Bonchev–Trinajstić information content (AvgIpc) is 3.07. The minimum atomic E-state index is 0.476. The summed E-state index contributed by atoms with van der Waals surface area (Å²) in [6.07, 6.45) is 4.51. The van der Waals surface area contributed by atoms with Crippen molar-refractivity contribution in [3.63, 3.8) is 0 Å². The zero-order valence-electron chi connectivity index (χ0n) is 19.7.